The second-order valence-electron chi connectivity index (χ2n) is 9.00. The second-order valence-corrected chi connectivity index (χ2v) is 9.00. The molecule has 1 aromatic carbocycles. The smallest absolute Gasteiger partial charge is 0.289 e. The largest absolute Gasteiger partial charge is 0.459 e. The van der Waals surface area contributed by atoms with Crippen molar-refractivity contribution in [3.05, 3.63) is 59.8 Å². The Balaban J connectivity index is 1.70. The number of likely N-dealkylation sites (N-methyl/N-ethyl adjacent to an activating group) is 1. The second kappa shape index (κ2) is 10.2. The van der Waals surface area contributed by atoms with E-state index < -0.39 is 0 Å². The zero-order valence-corrected chi connectivity index (χ0v) is 19.5. The Kier molecular flexibility index (Phi) is 7.13. The normalized spacial score (nSPS) is 14.8. The monoisotopic (exact) mass is 454 g/mol. The number of nitrogens with zero attached hydrogens (tertiary/aromatic N) is 4. The average Bonchev–Trinajstić information content (AvgIpc) is 3.48. The maximum absolute atomic E-state index is 13.6. The van der Waals surface area contributed by atoms with E-state index in [1.165, 1.54) is 18.4 Å². The number of aromatic nitrogens is 1. The summed E-state index contributed by atoms with van der Waals surface area (Å²) in [4.78, 5) is 19.5. The van der Waals surface area contributed by atoms with Gasteiger partial charge in [-0.25, -0.2) is 4.39 Å². The van der Waals surface area contributed by atoms with E-state index in [1.54, 1.807) is 29.2 Å². The number of halogens is 1. The van der Waals surface area contributed by atoms with Crippen LogP contribution in [0.15, 0.2) is 51.6 Å². The summed E-state index contributed by atoms with van der Waals surface area (Å²) in [6.45, 7) is 8.60. The quantitative estimate of drug-likeness (QED) is 0.499. The molecule has 3 aromatic rings. The summed E-state index contributed by atoms with van der Waals surface area (Å²) >= 11 is 0. The lowest BCUT2D eigenvalue weighted by molar-refractivity contribution is 0.0703. The van der Waals surface area contributed by atoms with Crippen molar-refractivity contribution in [2.45, 2.75) is 26.8 Å². The highest BCUT2D eigenvalue weighted by molar-refractivity contribution is 5.91. The molecule has 4 rings (SSSR count). The molecular formula is C25H31FN4O3. The van der Waals surface area contributed by atoms with Gasteiger partial charge in [-0.1, -0.05) is 19.0 Å². The van der Waals surface area contributed by atoms with Gasteiger partial charge < -0.3 is 23.6 Å². The summed E-state index contributed by atoms with van der Waals surface area (Å²) in [5, 5.41) is 4.37. The number of furan rings is 1. The van der Waals surface area contributed by atoms with E-state index in [4.69, 9.17) is 8.94 Å². The Morgan fingerprint density at radius 1 is 1.15 bits per heavy atom. The Morgan fingerprint density at radius 2 is 1.88 bits per heavy atom. The number of rotatable bonds is 8. The maximum atomic E-state index is 13.6. The molecule has 0 unspecified atom stereocenters. The molecular weight excluding hydrogens is 423 g/mol. The van der Waals surface area contributed by atoms with Crippen molar-refractivity contribution in [2.24, 2.45) is 5.92 Å². The summed E-state index contributed by atoms with van der Waals surface area (Å²) in [6.07, 6.45) is 2.36. The van der Waals surface area contributed by atoms with Crippen molar-refractivity contribution >= 4 is 11.8 Å². The van der Waals surface area contributed by atoms with Crippen molar-refractivity contribution in [1.29, 1.82) is 0 Å². The minimum atomic E-state index is -0.311. The molecule has 1 aliphatic rings. The summed E-state index contributed by atoms with van der Waals surface area (Å²) < 4.78 is 24.8. The molecule has 0 spiro atoms. The van der Waals surface area contributed by atoms with Crippen LogP contribution in [0.3, 0.4) is 0 Å². The van der Waals surface area contributed by atoms with Crippen LogP contribution in [-0.4, -0.2) is 60.6 Å². The van der Waals surface area contributed by atoms with E-state index in [0.29, 0.717) is 36.3 Å². The molecule has 1 amide bonds. The SMILES string of the molecule is CC(C)CCN(Cc1c(-c2ccc(F)cc2)noc1N1CCN(C)CC1)C(=O)c1ccco1. The molecule has 7 nitrogen and oxygen atoms in total. The van der Waals surface area contributed by atoms with E-state index in [0.717, 1.165) is 43.7 Å². The van der Waals surface area contributed by atoms with Crippen LogP contribution in [0.4, 0.5) is 10.3 Å². The Morgan fingerprint density at radius 3 is 2.52 bits per heavy atom. The van der Waals surface area contributed by atoms with Gasteiger partial charge in [0, 0.05) is 38.3 Å². The van der Waals surface area contributed by atoms with Crippen LogP contribution in [0.25, 0.3) is 11.3 Å². The van der Waals surface area contributed by atoms with Gasteiger partial charge in [0.1, 0.15) is 11.5 Å². The Bertz CT molecular complexity index is 1040. The molecule has 1 fully saturated rings. The van der Waals surface area contributed by atoms with Crippen molar-refractivity contribution in [1.82, 2.24) is 15.0 Å². The lowest BCUT2D eigenvalue weighted by Crippen LogP contribution is -2.45. The number of benzene rings is 1. The lowest BCUT2D eigenvalue weighted by atomic mass is 10.1. The third kappa shape index (κ3) is 5.45. The Labute approximate surface area is 193 Å². The minimum Gasteiger partial charge on any atom is -0.459 e. The predicted molar refractivity (Wildman–Crippen MR) is 125 cm³/mol. The van der Waals surface area contributed by atoms with Gasteiger partial charge in [-0.3, -0.25) is 4.79 Å². The lowest BCUT2D eigenvalue weighted by Gasteiger charge is -2.33. The molecule has 1 aliphatic heterocycles. The molecule has 0 aliphatic carbocycles. The first-order valence-corrected chi connectivity index (χ1v) is 11.4. The minimum absolute atomic E-state index is 0.170. The topological polar surface area (TPSA) is 66.0 Å². The van der Waals surface area contributed by atoms with Crippen LogP contribution in [0.2, 0.25) is 0 Å². The van der Waals surface area contributed by atoms with E-state index in [-0.39, 0.29) is 11.7 Å². The molecule has 0 atom stereocenters. The molecule has 0 saturated carbocycles. The number of carbonyl (C=O) groups is 1. The highest BCUT2D eigenvalue weighted by atomic mass is 19.1. The van der Waals surface area contributed by atoms with Crippen LogP contribution in [0.1, 0.15) is 36.4 Å². The molecule has 0 radical (unpaired) electrons. The van der Waals surface area contributed by atoms with Gasteiger partial charge in [0.2, 0.25) is 5.88 Å². The molecule has 33 heavy (non-hydrogen) atoms. The van der Waals surface area contributed by atoms with Crippen LogP contribution in [-0.2, 0) is 6.54 Å². The summed E-state index contributed by atoms with van der Waals surface area (Å²) in [5.41, 5.74) is 2.21. The van der Waals surface area contributed by atoms with E-state index in [2.05, 4.69) is 35.9 Å². The van der Waals surface area contributed by atoms with Crippen molar-refractivity contribution in [3.63, 3.8) is 0 Å². The van der Waals surface area contributed by atoms with Crippen molar-refractivity contribution in [2.75, 3.05) is 44.7 Å². The van der Waals surface area contributed by atoms with Crippen molar-refractivity contribution in [3.8, 4) is 11.3 Å². The molecule has 176 valence electrons. The molecule has 2 aromatic heterocycles. The van der Waals surface area contributed by atoms with Crippen LogP contribution < -0.4 is 4.90 Å². The summed E-state index contributed by atoms with van der Waals surface area (Å²) in [5.74, 6) is 0.933. The van der Waals surface area contributed by atoms with Gasteiger partial charge in [-0.15, -0.1) is 0 Å². The number of piperazine rings is 1. The van der Waals surface area contributed by atoms with Gasteiger partial charge >= 0.3 is 0 Å². The zero-order valence-electron chi connectivity index (χ0n) is 19.5. The van der Waals surface area contributed by atoms with E-state index >= 15 is 0 Å². The number of carbonyl (C=O) groups excluding carboxylic acids is 1. The van der Waals surface area contributed by atoms with Gasteiger partial charge in [0.15, 0.2) is 5.76 Å². The Hall–Kier alpha value is -3.13. The fourth-order valence-electron chi connectivity index (χ4n) is 3.95. The summed E-state index contributed by atoms with van der Waals surface area (Å²) in [6, 6.07) is 9.60. The number of anilines is 1. The molecule has 3 heterocycles. The third-order valence-corrected chi connectivity index (χ3v) is 6.02. The molecule has 0 bridgehead atoms. The average molecular weight is 455 g/mol. The fraction of sp³-hybridized carbons (Fsp3) is 0.440. The van der Waals surface area contributed by atoms with Gasteiger partial charge in [-0.05, 0) is 55.8 Å². The molecule has 0 N–H and O–H groups in total. The highest BCUT2D eigenvalue weighted by Gasteiger charge is 2.28. The summed E-state index contributed by atoms with van der Waals surface area (Å²) in [7, 11) is 2.10. The number of hydrogen-bond donors (Lipinski definition) is 0. The van der Waals surface area contributed by atoms with Crippen LogP contribution in [0.5, 0.6) is 0 Å². The number of hydrogen-bond acceptors (Lipinski definition) is 6. The molecule has 1 saturated heterocycles. The standard InChI is InChI=1S/C25H31FN4O3/c1-18(2)10-11-30(24(31)22-5-4-16-32-22)17-21-23(19-6-8-20(26)9-7-19)27-33-25(21)29-14-12-28(3)13-15-29/h4-9,16,18H,10-15,17H2,1-3H3. The van der Waals surface area contributed by atoms with Crippen LogP contribution in [0, 0.1) is 11.7 Å². The van der Waals surface area contributed by atoms with Crippen molar-refractivity contribution < 1.29 is 18.1 Å². The van der Waals surface area contributed by atoms with E-state index in [9.17, 15) is 9.18 Å². The first kappa shape index (κ1) is 23.0. The predicted octanol–water partition coefficient (Wildman–Crippen LogP) is 4.51. The first-order valence-electron chi connectivity index (χ1n) is 11.4. The third-order valence-electron chi connectivity index (χ3n) is 6.02. The van der Waals surface area contributed by atoms with E-state index in [1.807, 2.05) is 0 Å². The zero-order chi connectivity index (χ0) is 23.4. The first-order chi connectivity index (χ1) is 15.9. The van der Waals surface area contributed by atoms with Gasteiger partial charge in [-0.2, -0.15) is 0 Å². The maximum Gasteiger partial charge on any atom is 0.289 e. The fourth-order valence-corrected chi connectivity index (χ4v) is 3.95. The van der Waals surface area contributed by atoms with Crippen LogP contribution >= 0.6 is 0 Å². The highest BCUT2D eigenvalue weighted by Crippen LogP contribution is 2.33. The number of amides is 1. The van der Waals surface area contributed by atoms with Gasteiger partial charge in [0.05, 0.1) is 18.4 Å². The molecule has 8 heteroatoms. The van der Waals surface area contributed by atoms with Gasteiger partial charge in [0.25, 0.3) is 5.91 Å².